The lowest BCUT2D eigenvalue weighted by molar-refractivity contribution is -0.143. The smallest absolute Gasteiger partial charge is 0.307 e. The van der Waals surface area contributed by atoms with E-state index in [-0.39, 0.29) is 17.7 Å². The van der Waals surface area contributed by atoms with Gasteiger partial charge in [0.05, 0.1) is 19.1 Å². The first-order chi connectivity index (χ1) is 10.0. The van der Waals surface area contributed by atoms with Gasteiger partial charge in [-0.15, -0.1) is 0 Å². The van der Waals surface area contributed by atoms with Crippen LogP contribution in [0.2, 0.25) is 0 Å². The lowest BCUT2D eigenvalue weighted by Crippen LogP contribution is -2.46. The molecule has 0 spiro atoms. The summed E-state index contributed by atoms with van der Waals surface area (Å²) in [5.41, 5.74) is 0.597. The summed E-state index contributed by atoms with van der Waals surface area (Å²) in [5.74, 6) is -0.505. The molecule has 21 heavy (non-hydrogen) atoms. The number of nitrogens with zero attached hydrogens (tertiary/aromatic N) is 1. The molecule has 0 aromatic heterocycles. The molecule has 1 aliphatic heterocycles. The summed E-state index contributed by atoms with van der Waals surface area (Å²) < 4.78 is 5.14. The zero-order chi connectivity index (χ0) is 15.4. The van der Waals surface area contributed by atoms with Gasteiger partial charge in [0.15, 0.2) is 5.78 Å². The van der Waals surface area contributed by atoms with Gasteiger partial charge >= 0.3 is 5.97 Å². The normalized spacial score (nSPS) is 20.8. The van der Waals surface area contributed by atoms with Crippen LogP contribution in [0, 0.1) is 5.92 Å². The fraction of sp³-hybridized carbons (Fsp3) is 0.500. The van der Waals surface area contributed by atoms with E-state index in [0.717, 1.165) is 13.0 Å². The van der Waals surface area contributed by atoms with Crippen molar-refractivity contribution in [1.82, 2.24) is 4.90 Å². The van der Waals surface area contributed by atoms with Crippen LogP contribution in [0.5, 0.6) is 5.75 Å². The predicted octanol–water partition coefficient (Wildman–Crippen LogP) is 2.06. The summed E-state index contributed by atoms with van der Waals surface area (Å²) in [5, 5.41) is 9.13. The van der Waals surface area contributed by atoms with Gasteiger partial charge in [-0.3, -0.25) is 14.5 Å². The van der Waals surface area contributed by atoms with E-state index in [2.05, 4.69) is 0 Å². The molecule has 0 aliphatic carbocycles. The Morgan fingerprint density at radius 1 is 1.43 bits per heavy atom. The third kappa shape index (κ3) is 3.61. The highest BCUT2D eigenvalue weighted by molar-refractivity contribution is 6.00. The number of piperidine rings is 1. The molecule has 2 rings (SSSR count). The average molecular weight is 291 g/mol. The van der Waals surface area contributed by atoms with Crippen LogP contribution in [0.15, 0.2) is 24.3 Å². The third-order valence-electron chi connectivity index (χ3n) is 4.08. The first kappa shape index (κ1) is 15.5. The van der Waals surface area contributed by atoms with Crippen molar-refractivity contribution in [3.05, 3.63) is 29.8 Å². The largest absolute Gasteiger partial charge is 0.497 e. The molecule has 2 atom stereocenters. The van der Waals surface area contributed by atoms with Gasteiger partial charge in [0.2, 0.25) is 0 Å². The highest BCUT2D eigenvalue weighted by atomic mass is 16.5. The summed E-state index contributed by atoms with van der Waals surface area (Å²) in [6, 6.07) is 6.74. The van der Waals surface area contributed by atoms with Gasteiger partial charge in [0, 0.05) is 12.1 Å². The molecule has 1 aliphatic rings. The van der Waals surface area contributed by atoms with Crippen molar-refractivity contribution in [3.8, 4) is 5.75 Å². The Bertz CT molecular complexity index is 529. The SMILES string of the molecule is COc1cccc(C(=O)C(C)N2CCCC(C(=O)O)C2)c1. The number of carboxylic acids is 1. The Morgan fingerprint density at radius 3 is 2.86 bits per heavy atom. The third-order valence-corrected chi connectivity index (χ3v) is 4.08. The quantitative estimate of drug-likeness (QED) is 0.841. The minimum Gasteiger partial charge on any atom is -0.497 e. The molecule has 5 nitrogen and oxygen atoms in total. The van der Waals surface area contributed by atoms with E-state index in [1.54, 1.807) is 31.4 Å². The molecule has 1 saturated heterocycles. The van der Waals surface area contributed by atoms with Gasteiger partial charge in [-0.1, -0.05) is 12.1 Å². The number of likely N-dealkylation sites (tertiary alicyclic amines) is 1. The summed E-state index contributed by atoms with van der Waals surface area (Å²) >= 11 is 0. The number of carboxylic acid groups (broad SMARTS) is 1. The monoisotopic (exact) mass is 291 g/mol. The number of ether oxygens (including phenoxy) is 1. The number of ketones is 1. The molecule has 1 aromatic carbocycles. The van der Waals surface area contributed by atoms with Gasteiger partial charge in [0.1, 0.15) is 5.75 Å². The summed E-state index contributed by atoms with van der Waals surface area (Å²) in [6.45, 7) is 3.04. The number of hydrogen-bond acceptors (Lipinski definition) is 4. The van der Waals surface area contributed by atoms with Gasteiger partial charge in [-0.25, -0.2) is 0 Å². The van der Waals surface area contributed by atoms with Crippen molar-refractivity contribution in [2.45, 2.75) is 25.8 Å². The second kappa shape index (κ2) is 6.72. The number of carbonyl (C=O) groups excluding carboxylic acids is 1. The van der Waals surface area contributed by atoms with Crippen LogP contribution in [-0.2, 0) is 4.79 Å². The number of Topliss-reactive ketones (excluding diaryl/α,β-unsaturated/α-hetero) is 1. The molecule has 1 heterocycles. The van der Waals surface area contributed by atoms with E-state index in [4.69, 9.17) is 9.84 Å². The number of rotatable bonds is 5. The lowest BCUT2D eigenvalue weighted by atomic mass is 9.95. The van der Waals surface area contributed by atoms with Gasteiger partial charge in [-0.2, -0.15) is 0 Å². The molecule has 2 unspecified atom stereocenters. The van der Waals surface area contributed by atoms with Crippen LogP contribution in [0.25, 0.3) is 0 Å². The minimum absolute atomic E-state index is 0.0000567. The van der Waals surface area contributed by atoms with E-state index >= 15 is 0 Å². The van der Waals surface area contributed by atoms with Crippen LogP contribution >= 0.6 is 0 Å². The molecule has 1 aromatic rings. The highest BCUT2D eigenvalue weighted by Crippen LogP contribution is 2.21. The molecule has 1 fully saturated rings. The summed E-state index contributed by atoms with van der Waals surface area (Å²) in [6.07, 6.45) is 1.50. The molecule has 114 valence electrons. The van der Waals surface area contributed by atoms with Crippen molar-refractivity contribution in [3.63, 3.8) is 0 Å². The Balaban J connectivity index is 2.09. The summed E-state index contributed by atoms with van der Waals surface area (Å²) in [4.78, 5) is 25.6. The number of hydrogen-bond donors (Lipinski definition) is 1. The van der Waals surface area contributed by atoms with Crippen LogP contribution in [-0.4, -0.2) is 48.0 Å². The van der Waals surface area contributed by atoms with Crippen molar-refractivity contribution in [2.75, 3.05) is 20.2 Å². The lowest BCUT2D eigenvalue weighted by Gasteiger charge is -2.34. The molecule has 0 amide bonds. The van der Waals surface area contributed by atoms with Gasteiger partial charge in [0.25, 0.3) is 0 Å². The van der Waals surface area contributed by atoms with Crippen LogP contribution < -0.4 is 4.74 Å². The first-order valence-electron chi connectivity index (χ1n) is 7.18. The van der Waals surface area contributed by atoms with Crippen molar-refractivity contribution in [2.24, 2.45) is 5.92 Å². The van der Waals surface area contributed by atoms with Crippen LogP contribution in [0.3, 0.4) is 0 Å². The van der Waals surface area contributed by atoms with E-state index in [0.29, 0.717) is 24.3 Å². The van der Waals surface area contributed by atoms with E-state index in [1.165, 1.54) is 0 Å². The maximum Gasteiger partial charge on any atom is 0.307 e. The van der Waals surface area contributed by atoms with E-state index < -0.39 is 5.97 Å². The molecular weight excluding hydrogens is 270 g/mol. The average Bonchev–Trinajstić information content (AvgIpc) is 2.53. The first-order valence-corrected chi connectivity index (χ1v) is 7.18. The second-order valence-electron chi connectivity index (χ2n) is 5.44. The number of carbonyl (C=O) groups is 2. The Morgan fingerprint density at radius 2 is 2.19 bits per heavy atom. The van der Waals surface area contributed by atoms with Crippen molar-refractivity contribution >= 4 is 11.8 Å². The minimum atomic E-state index is -0.777. The Hall–Kier alpha value is -1.88. The maximum atomic E-state index is 12.5. The highest BCUT2D eigenvalue weighted by Gasteiger charge is 2.31. The second-order valence-corrected chi connectivity index (χ2v) is 5.44. The van der Waals surface area contributed by atoms with Crippen LogP contribution in [0.1, 0.15) is 30.1 Å². The number of methoxy groups -OCH3 is 1. The molecule has 0 bridgehead atoms. The van der Waals surface area contributed by atoms with Crippen molar-refractivity contribution < 1.29 is 19.4 Å². The fourth-order valence-electron chi connectivity index (χ4n) is 2.74. The number of benzene rings is 1. The Labute approximate surface area is 124 Å². The molecule has 5 heteroatoms. The molecule has 1 N–H and O–H groups in total. The predicted molar refractivity (Wildman–Crippen MR) is 78.7 cm³/mol. The summed E-state index contributed by atoms with van der Waals surface area (Å²) in [7, 11) is 1.56. The Kier molecular flexibility index (Phi) is 4.96. The molecular formula is C16H21NO4. The van der Waals surface area contributed by atoms with E-state index in [1.807, 2.05) is 11.8 Å². The van der Waals surface area contributed by atoms with Gasteiger partial charge in [-0.05, 0) is 38.4 Å². The van der Waals surface area contributed by atoms with Crippen molar-refractivity contribution in [1.29, 1.82) is 0 Å². The zero-order valence-corrected chi connectivity index (χ0v) is 12.4. The van der Waals surface area contributed by atoms with Gasteiger partial charge < -0.3 is 9.84 Å². The van der Waals surface area contributed by atoms with Crippen LogP contribution in [0.4, 0.5) is 0 Å². The zero-order valence-electron chi connectivity index (χ0n) is 12.4. The topological polar surface area (TPSA) is 66.8 Å². The number of aliphatic carboxylic acids is 1. The standard InChI is InChI=1S/C16H21NO4/c1-11(17-8-4-6-13(10-17)16(19)20)15(18)12-5-3-7-14(9-12)21-2/h3,5,7,9,11,13H,4,6,8,10H2,1-2H3,(H,19,20). The fourth-order valence-corrected chi connectivity index (χ4v) is 2.74. The molecule has 0 radical (unpaired) electrons. The van der Waals surface area contributed by atoms with E-state index in [9.17, 15) is 9.59 Å². The maximum absolute atomic E-state index is 12.5. The molecule has 0 saturated carbocycles.